The third-order valence-electron chi connectivity index (χ3n) is 6.54. The second-order valence-corrected chi connectivity index (χ2v) is 9.17. The largest absolute Gasteiger partial charge is 0.493 e. The Balaban J connectivity index is 1.60. The molecule has 0 spiro atoms. The number of para-hydroxylation sites is 1. The summed E-state index contributed by atoms with van der Waals surface area (Å²) in [5, 5.41) is 6.86. The summed E-state index contributed by atoms with van der Waals surface area (Å²) in [4.78, 5) is 28.2. The Labute approximate surface area is 222 Å². The Bertz CT molecular complexity index is 1410. The summed E-state index contributed by atoms with van der Waals surface area (Å²) in [7, 11) is 1.61. The van der Waals surface area contributed by atoms with Crippen LogP contribution in [0.3, 0.4) is 0 Å². The number of ether oxygens (including phenoxy) is 2. The lowest BCUT2D eigenvalue weighted by atomic mass is 9.90. The van der Waals surface area contributed by atoms with E-state index in [0.717, 1.165) is 33.2 Å². The molecular formula is C30H34N4O4. The van der Waals surface area contributed by atoms with Gasteiger partial charge in [0.05, 0.1) is 26.2 Å². The first kappa shape index (κ1) is 26.6. The summed E-state index contributed by atoms with van der Waals surface area (Å²) in [6.07, 6.45) is 2.04. The van der Waals surface area contributed by atoms with Gasteiger partial charge in [0.2, 0.25) is 5.91 Å². The highest BCUT2D eigenvalue weighted by Crippen LogP contribution is 2.36. The number of rotatable bonds is 11. The number of aryl methyl sites for hydroxylation is 1. The monoisotopic (exact) mass is 514 g/mol. The van der Waals surface area contributed by atoms with Crippen molar-refractivity contribution in [2.45, 2.75) is 32.2 Å². The standard InChI is InChI=1S/C30H34N4O4/c1-4-38-27-13-12-20(15-28(27)37-3)23(24-18-32-25-11-6-5-10-22(24)25)17-33-29(35)16-26(34-30(31)36)21-9-7-8-19(2)14-21/h5-15,18,23,26,32H,4,16-17H2,1-3H3,(H,33,35)(H3,31,34,36)/t23-,26-/m1/s1. The zero-order chi connectivity index (χ0) is 27.1. The number of methoxy groups -OCH3 is 1. The highest BCUT2D eigenvalue weighted by Gasteiger charge is 2.23. The molecule has 0 saturated heterocycles. The first-order valence-electron chi connectivity index (χ1n) is 12.7. The number of hydrogen-bond acceptors (Lipinski definition) is 4. The molecule has 0 aliphatic carbocycles. The van der Waals surface area contributed by atoms with Crippen molar-refractivity contribution in [3.63, 3.8) is 0 Å². The van der Waals surface area contributed by atoms with E-state index in [1.54, 1.807) is 7.11 Å². The van der Waals surface area contributed by atoms with Gasteiger partial charge in [-0.3, -0.25) is 4.79 Å². The van der Waals surface area contributed by atoms with Gasteiger partial charge in [0.25, 0.3) is 0 Å². The van der Waals surface area contributed by atoms with E-state index in [2.05, 4.69) is 21.7 Å². The molecule has 0 fully saturated rings. The van der Waals surface area contributed by atoms with Crippen LogP contribution < -0.4 is 25.8 Å². The molecule has 0 aliphatic heterocycles. The van der Waals surface area contributed by atoms with Gasteiger partial charge < -0.3 is 30.8 Å². The molecule has 4 aromatic rings. The number of primary amides is 1. The van der Waals surface area contributed by atoms with Crippen molar-refractivity contribution >= 4 is 22.8 Å². The third kappa shape index (κ3) is 6.26. The van der Waals surface area contributed by atoms with Crippen LogP contribution in [-0.4, -0.2) is 37.2 Å². The summed E-state index contributed by atoms with van der Waals surface area (Å²) in [6, 6.07) is 20.4. The highest BCUT2D eigenvalue weighted by atomic mass is 16.5. The number of nitrogens with one attached hydrogen (secondary N) is 3. The van der Waals surface area contributed by atoms with Crippen LogP contribution in [0.25, 0.3) is 10.9 Å². The lowest BCUT2D eigenvalue weighted by molar-refractivity contribution is -0.121. The van der Waals surface area contributed by atoms with Crippen molar-refractivity contribution in [3.05, 3.63) is 95.2 Å². The molecule has 0 radical (unpaired) electrons. The van der Waals surface area contributed by atoms with E-state index < -0.39 is 12.1 Å². The number of carbonyl (C=O) groups is 2. The zero-order valence-corrected chi connectivity index (χ0v) is 21.9. The number of nitrogens with two attached hydrogens (primary N) is 1. The van der Waals surface area contributed by atoms with Gasteiger partial charge in [-0.1, -0.05) is 54.1 Å². The molecule has 4 rings (SSSR count). The Morgan fingerprint density at radius 2 is 1.82 bits per heavy atom. The molecule has 8 nitrogen and oxygen atoms in total. The van der Waals surface area contributed by atoms with Crippen LogP contribution in [-0.2, 0) is 4.79 Å². The minimum Gasteiger partial charge on any atom is -0.493 e. The number of hydrogen-bond donors (Lipinski definition) is 4. The predicted molar refractivity (Wildman–Crippen MR) is 149 cm³/mol. The Morgan fingerprint density at radius 1 is 1.00 bits per heavy atom. The van der Waals surface area contributed by atoms with Crippen molar-refractivity contribution in [3.8, 4) is 11.5 Å². The molecule has 198 valence electrons. The molecule has 0 bridgehead atoms. The second kappa shape index (κ2) is 12.2. The van der Waals surface area contributed by atoms with E-state index in [9.17, 15) is 9.59 Å². The van der Waals surface area contributed by atoms with E-state index >= 15 is 0 Å². The average molecular weight is 515 g/mol. The van der Waals surface area contributed by atoms with Gasteiger partial charge in [-0.2, -0.15) is 0 Å². The highest BCUT2D eigenvalue weighted by molar-refractivity contribution is 5.84. The fourth-order valence-corrected chi connectivity index (χ4v) is 4.75. The van der Waals surface area contributed by atoms with Crippen molar-refractivity contribution in [1.82, 2.24) is 15.6 Å². The third-order valence-corrected chi connectivity index (χ3v) is 6.54. The quantitative estimate of drug-likeness (QED) is 0.227. The zero-order valence-electron chi connectivity index (χ0n) is 21.9. The molecule has 0 saturated carbocycles. The SMILES string of the molecule is CCOc1ccc([C@@H](CNC(=O)C[C@@H](NC(N)=O)c2cccc(C)c2)c2c[nH]c3ccccc23)cc1OC. The van der Waals surface area contributed by atoms with E-state index in [1.165, 1.54) is 0 Å². The Kier molecular flexibility index (Phi) is 8.53. The molecule has 3 amide bonds. The number of H-pyrrole nitrogens is 1. The maximum absolute atomic E-state index is 13.2. The number of urea groups is 1. The van der Waals surface area contributed by atoms with Crippen molar-refractivity contribution < 1.29 is 19.1 Å². The molecule has 1 heterocycles. The molecule has 38 heavy (non-hydrogen) atoms. The first-order valence-corrected chi connectivity index (χ1v) is 12.7. The maximum atomic E-state index is 13.2. The maximum Gasteiger partial charge on any atom is 0.312 e. The number of aromatic amines is 1. The minimum atomic E-state index is -0.678. The van der Waals surface area contributed by atoms with Gasteiger partial charge in [-0.25, -0.2) is 4.79 Å². The molecule has 2 atom stereocenters. The Hall–Kier alpha value is -4.46. The second-order valence-electron chi connectivity index (χ2n) is 9.17. The lowest BCUT2D eigenvalue weighted by Gasteiger charge is -2.22. The molecule has 0 aliphatic rings. The van der Waals surface area contributed by atoms with Crippen molar-refractivity contribution in [2.24, 2.45) is 5.73 Å². The van der Waals surface area contributed by atoms with Gasteiger partial charge in [0.1, 0.15) is 0 Å². The normalized spacial score (nSPS) is 12.5. The molecule has 3 aromatic carbocycles. The van der Waals surface area contributed by atoms with Crippen molar-refractivity contribution in [1.29, 1.82) is 0 Å². The average Bonchev–Trinajstić information content (AvgIpc) is 3.33. The van der Waals surface area contributed by atoms with Crippen LogP contribution in [0.15, 0.2) is 72.9 Å². The van der Waals surface area contributed by atoms with Gasteiger partial charge in [0.15, 0.2) is 11.5 Å². The van der Waals surface area contributed by atoms with E-state index in [1.807, 2.05) is 80.7 Å². The predicted octanol–water partition coefficient (Wildman–Crippen LogP) is 4.93. The topological polar surface area (TPSA) is 118 Å². The number of fused-ring (bicyclic) bond motifs is 1. The summed E-state index contributed by atoms with van der Waals surface area (Å²) in [5.41, 5.74) is 10.3. The molecule has 1 aromatic heterocycles. The molecule has 8 heteroatoms. The van der Waals surface area contributed by atoms with Crippen LogP contribution in [0, 0.1) is 6.92 Å². The van der Waals surface area contributed by atoms with E-state index in [4.69, 9.17) is 15.2 Å². The van der Waals surface area contributed by atoms with Crippen LogP contribution in [0.1, 0.15) is 47.6 Å². The lowest BCUT2D eigenvalue weighted by Crippen LogP contribution is -2.37. The van der Waals surface area contributed by atoms with Gasteiger partial charge in [-0.05, 0) is 48.7 Å². The number of aromatic nitrogens is 1. The van der Waals surface area contributed by atoms with Gasteiger partial charge in [-0.15, -0.1) is 0 Å². The van der Waals surface area contributed by atoms with E-state index in [-0.39, 0.29) is 18.2 Å². The summed E-state index contributed by atoms with van der Waals surface area (Å²) in [6.45, 7) is 4.75. The smallest absolute Gasteiger partial charge is 0.312 e. The van der Waals surface area contributed by atoms with Crippen molar-refractivity contribution in [2.75, 3.05) is 20.3 Å². The van der Waals surface area contributed by atoms with Gasteiger partial charge >= 0.3 is 6.03 Å². The number of amides is 3. The van der Waals surface area contributed by atoms with Gasteiger partial charge in [0, 0.05) is 29.6 Å². The summed E-state index contributed by atoms with van der Waals surface area (Å²) < 4.78 is 11.3. The number of carbonyl (C=O) groups excluding carboxylic acids is 2. The summed E-state index contributed by atoms with van der Waals surface area (Å²) >= 11 is 0. The molecule has 0 unspecified atom stereocenters. The Morgan fingerprint density at radius 3 is 2.55 bits per heavy atom. The molecule has 5 N–H and O–H groups in total. The summed E-state index contributed by atoms with van der Waals surface area (Å²) in [5.74, 6) is 0.930. The van der Waals surface area contributed by atoms with E-state index in [0.29, 0.717) is 24.7 Å². The molecular weight excluding hydrogens is 480 g/mol. The number of benzene rings is 3. The fraction of sp³-hybridized carbons (Fsp3) is 0.267. The fourth-order valence-electron chi connectivity index (χ4n) is 4.75. The minimum absolute atomic E-state index is 0.0552. The first-order chi connectivity index (χ1) is 18.4. The van der Waals surface area contributed by atoms with Crippen LogP contribution in [0.5, 0.6) is 11.5 Å². The van der Waals surface area contributed by atoms with Crippen LogP contribution >= 0.6 is 0 Å². The van der Waals surface area contributed by atoms with Crippen LogP contribution in [0.4, 0.5) is 4.79 Å². The van der Waals surface area contributed by atoms with Crippen LogP contribution in [0.2, 0.25) is 0 Å².